The molecule has 3 aliphatic rings. The molecule has 1 aromatic carbocycles. The van der Waals surface area contributed by atoms with Gasteiger partial charge in [-0.3, -0.25) is 19.3 Å². The number of ether oxygens (including phenoxy) is 1. The Morgan fingerprint density at radius 1 is 1.09 bits per heavy atom. The second kappa shape index (κ2) is 9.85. The summed E-state index contributed by atoms with van der Waals surface area (Å²) in [5.74, 6) is 0.107. The van der Waals surface area contributed by atoms with Gasteiger partial charge in [0.25, 0.3) is 0 Å². The molecular weight excluding hydrogens is 434 g/mol. The molecule has 2 aliphatic heterocycles. The summed E-state index contributed by atoms with van der Waals surface area (Å²) in [4.78, 5) is 40.9. The maximum atomic E-state index is 13.7. The highest BCUT2D eigenvalue weighted by molar-refractivity contribution is 6.06. The number of ketones is 1. The largest absolute Gasteiger partial charge is 0.467 e. The van der Waals surface area contributed by atoms with Crippen LogP contribution in [0.1, 0.15) is 56.7 Å². The summed E-state index contributed by atoms with van der Waals surface area (Å²) >= 11 is 0. The fourth-order valence-corrected chi connectivity index (χ4v) is 4.99. The molecule has 5 rings (SSSR count). The standard InChI is InChI=1S/C26H29N3O5/c30-21-10-3-8-19-25(21)26(22-11-5-15-34-22)29(20-9-2-1-7-18(20)28-19)24(32)13-12-23(31)27-16-17-6-4-14-33-17/h1-2,5,7,9,11,15,17,26,28H,3-4,6,8,10,12-14,16H2,(H,27,31)/t17-,26+/m1/s1. The van der Waals surface area contributed by atoms with E-state index in [0.29, 0.717) is 30.0 Å². The minimum absolute atomic E-state index is 0.00932. The van der Waals surface area contributed by atoms with Crippen LogP contribution < -0.4 is 15.5 Å². The van der Waals surface area contributed by atoms with Crippen LogP contribution in [0.4, 0.5) is 11.4 Å². The third-order valence-corrected chi connectivity index (χ3v) is 6.64. The molecule has 178 valence electrons. The third kappa shape index (κ3) is 4.50. The van der Waals surface area contributed by atoms with E-state index in [-0.39, 0.29) is 36.5 Å². The number of para-hydroxylation sites is 2. The first kappa shape index (κ1) is 22.4. The minimum Gasteiger partial charge on any atom is -0.467 e. The highest BCUT2D eigenvalue weighted by Gasteiger charge is 2.40. The highest BCUT2D eigenvalue weighted by Crippen LogP contribution is 2.45. The number of anilines is 2. The van der Waals surface area contributed by atoms with Gasteiger partial charge in [0.05, 0.1) is 23.7 Å². The molecule has 2 atom stereocenters. The molecule has 0 unspecified atom stereocenters. The van der Waals surface area contributed by atoms with Crippen molar-refractivity contribution in [3.8, 4) is 0 Å². The third-order valence-electron chi connectivity index (χ3n) is 6.64. The summed E-state index contributed by atoms with van der Waals surface area (Å²) in [7, 11) is 0. The molecule has 1 fully saturated rings. The lowest BCUT2D eigenvalue weighted by molar-refractivity contribution is -0.125. The molecule has 8 heteroatoms. The molecule has 0 saturated carbocycles. The minimum atomic E-state index is -0.684. The molecule has 8 nitrogen and oxygen atoms in total. The lowest BCUT2D eigenvalue weighted by Crippen LogP contribution is -2.39. The number of Topliss-reactive ketones (excluding diaryl/α,β-unsaturated/α-hetero) is 1. The number of carbonyl (C=O) groups excluding carboxylic acids is 3. The van der Waals surface area contributed by atoms with Crippen LogP contribution in [0.5, 0.6) is 0 Å². The van der Waals surface area contributed by atoms with Gasteiger partial charge in [0.1, 0.15) is 11.8 Å². The molecule has 1 aliphatic carbocycles. The average Bonchev–Trinajstić information content (AvgIpc) is 3.53. The number of furan rings is 1. The topological polar surface area (TPSA) is 101 Å². The van der Waals surface area contributed by atoms with Crippen LogP contribution in [0.3, 0.4) is 0 Å². The van der Waals surface area contributed by atoms with Crippen molar-refractivity contribution in [2.45, 2.75) is 57.1 Å². The Hall–Kier alpha value is -3.39. The Kier molecular flexibility index (Phi) is 6.49. The van der Waals surface area contributed by atoms with Crippen LogP contribution in [0.15, 0.2) is 58.3 Å². The Morgan fingerprint density at radius 3 is 2.76 bits per heavy atom. The molecule has 0 spiro atoms. The van der Waals surface area contributed by atoms with E-state index in [2.05, 4.69) is 10.6 Å². The second-order valence-electron chi connectivity index (χ2n) is 8.93. The maximum Gasteiger partial charge on any atom is 0.228 e. The summed E-state index contributed by atoms with van der Waals surface area (Å²) in [5.41, 5.74) is 2.81. The van der Waals surface area contributed by atoms with Crippen molar-refractivity contribution in [1.82, 2.24) is 5.32 Å². The summed E-state index contributed by atoms with van der Waals surface area (Å²) in [6, 6.07) is 10.4. The number of hydrogen-bond acceptors (Lipinski definition) is 6. The number of carbonyl (C=O) groups is 3. The zero-order valence-corrected chi connectivity index (χ0v) is 19.0. The first-order chi connectivity index (χ1) is 16.6. The Bertz CT molecular complexity index is 1100. The predicted molar refractivity (Wildman–Crippen MR) is 126 cm³/mol. The number of nitrogens with one attached hydrogen (secondary N) is 2. The monoisotopic (exact) mass is 463 g/mol. The van der Waals surface area contributed by atoms with Crippen molar-refractivity contribution in [2.24, 2.45) is 0 Å². The number of nitrogens with zero attached hydrogens (tertiary/aromatic N) is 1. The van der Waals surface area contributed by atoms with Gasteiger partial charge in [-0.25, -0.2) is 0 Å². The van der Waals surface area contributed by atoms with E-state index in [9.17, 15) is 14.4 Å². The molecular formula is C26H29N3O5. The van der Waals surface area contributed by atoms with Crippen molar-refractivity contribution in [1.29, 1.82) is 0 Å². The molecule has 2 N–H and O–H groups in total. The van der Waals surface area contributed by atoms with Crippen molar-refractivity contribution in [2.75, 3.05) is 23.4 Å². The summed E-state index contributed by atoms with van der Waals surface area (Å²) in [6.45, 7) is 1.19. The van der Waals surface area contributed by atoms with Crippen LogP contribution in [0.25, 0.3) is 0 Å². The van der Waals surface area contributed by atoms with Gasteiger partial charge in [-0.15, -0.1) is 0 Å². The lowest BCUT2D eigenvalue weighted by atomic mass is 9.88. The number of hydrogen-bond donors (Lipinski definition) is 2. The number of benzene rings is 1. The maximum absolute atomic E-state index is 13.7. The van der Waals surface area contributed by atoms with Crippen molar-refractivity contribution < 1.29 is 23.5 Å². The van der Waals surface area contributed by atoms with Gasteiger partial charge in [0, 0.05) is 43.7 Å². The lowest BCUT2D eigenvalue weighted by Gasteiger charge is -2.32. The Morgan fingerprint density at radius 2 is 1.97 bits per heavy atom. The highest BCUT2D eigenvalue weighted by atomic mass is 16.5. The first-order valence-corrected chi connectivity index (χ1v) is 12.0. The van der Waals surface area contributed by atoms with Crippen LogP contribution in [0.2, 0.25) is 0 Å². The van der Waals surface area contributed by atoms with Crippen molar-refractivity contribution in [3.05, 3.63) is 59.7 Å². The van der Waals surface area contributed by atoms with Gasteiger partial charge in [0.2, 0.25) is 11.8 Å². The van der Waals surface area contributed by atoms with Crippen LogP contribution in [-0.2, 0) is 19.1 Å². The number of rotatable bonds is 6. The van der Waals surface area contributed by atoms with Crippen molar-refractivity contribution >= 4 is 29.0 Å². The Labute approximate surface area is 198 Å². The van der Waals surface area contributed by atoms with Crippen LogP contribution in [0, 0.1) is 0 Å². The predicted octanol–water partition coefficient (Wildman–Crippen LogP) is 3.86. The zero-order valence-electron chi connectivity index (χ0n) is 19.0. The van der Waals surface area contributed by atoms with E-state index in [0.717, 1.165) is 43.7 Å². The normalized spacial score (nSPS) is 22.0. The second-order valence-corrected chi connectivity index (χ2v) is 8.93. The molecule has 2 amide bonds. The van der Waals surface area contributed by atoms with E-state index < -0.39 is 6.04 Å². The van der Waals surface area contributed by atoms with Gasteiger partial charge in [-0.1, -0.05) is 12.1 Å². The molecule has 0 radical (unpaired) electrons. The summed E-state index contributed by atoms with van der Waals surface area (Å²) in [6.07, 6.45) is 5.53. The SMILES string of the molecule is O=C(CCC(=O)N1c2ccccc2NC2=C(C(=O)CCC2)[C@@H]1c1ccco1)NC[C@H]1CCCO1. The van der Waals surface area contributed by atoms with Crippen LogP contribution in [-0.4, -0.2) is 36.9 Å². The molecule has 3 heterocycles. The van der Waals surface area contributed by atoms with E-state index in [4.69, 9.17) is 9.15 Å². The van der Waals surface area contributed by atoms with Crippen molar-refractivity contribution in [3.63, 3.8) is 0 Å². The van der Waals surface area contributed by atoms with E-state index in [1.165, 1.54) is 0 Å². The molecule has 1 saturated heterocycles. The number of allylic oxidation sites excluding steroid dienone is 1. The fourth-order valence-electron chi connectivity index (χ4n) is 4.99. The summed E-state index contributed by atoms with van der Waals surface area (Å²) in [5, 5.41) is 6.29. The van der Waals surface area contributed by atoms with Gasteiger partial charge < -0.3 is 19.8 Å². The number of fused-ring (bicyclic) bond motifs is 1. The quantitative estimate of drug-likeness (QED) is 0.675. The summed E-state index contributed by atoms with van der Waals surface area (Å²) < 4.78 is 11.3. The first-order valence-electron chi connectivity index (χ1n) is 12.0. The van der Waals surface area contributed by atoms with Gasteiger partial charge in [-0.2, -0.15) is 0 Å². The van der Waals surface area contributed by atoms with Gasteiger partial charge in [0.15, 0.2) is 5.78 Å². The number of amides is 2. The molecule has 0 bridgehead atoms. The smallest absolute Gasteiger partial charge is 0.228 e. The average molecular weight is 464 g/mol. The Balaban J connectivity index is 1.43. The molecule has 2 aromatic rings. The van der Waals surface area contributed by atoms with Gasteiger partial charge in [-0.05, 0) is 49.9 Å². The fraction of sp³-hybridized carbons (Fsp3) is 0.423. The van der Waals surface area contributed by atoms with Gasteiger partial charge >= 0.3 is 0 Å². The van der Waals surface area contributed by atoms with E-state index >= 15 is 0 Å². The zero-order chi connectivity index (χ0) is 23.5. The molecule has 34 heavy (non-hydrogen) atoms. The van der Waals surface area contributed by atoms with Crippen LogP contribution >= 0.6 is 0 Å². The van der Waals surface area contributed by atoms with E-state index in [1.54, 1.807) is 23.3 Å². The molecule has 1 aromatic heterocycles. The van der Waals surface area contributed by atoms with E-state index in [1.807, 2.05) is 24.3 Å².